The lowest BCUT2D eigenvalue weighted by Crippen LogP contribution is -2.26. The molecule has 0 aliphatic heterocycles. The van der Waals surface area contributed by atoms with Crippen molar-refractivity contribution in [2.24, 2.45) is 0 Å². The molecule has 10 heteroatoms. The SMILES string of the molecule is CC(C)(c1ccc(O)cc1)c1ccc(C(C)(c2ccc(O)cc2)c2ccc(O)cc2)cc1.[N-]=[N+]=C1C=Cc2c(cccc2S(=O)(=O)O)C1=O. The third-order valence-corrected chi connectivity index (χ3v) is 9.91. The highest BCUT2D eigenvalue weighted by atomic mass is 32.2. The van der Waals surface area contributed by atoms with E-state index in [1.165, 1.54) is 35.9 Å². The first-order valence-corrected chi connectivity index (χ1v) is 16.6. The summed E-state index contributed by atoms with van der Waals surface area (Å²) >= 11 is 0. The van der Waals surface area contributed by atoms with Crippen LogP contribution in [-0.4, -0.2) is 44.6 Å². The van der Waals surface area contributed by atoms with Crippen molar-refractivity contribution in [2.45, 2.75) is 36.5 Å². The maximum Gasteiger partial charge on any atom is 0.362 e. The van der Waals surface area contributed by atoms with Crippen LogP contribution in [0.4, 0.5) is 0 Å². The number of Topliss-reactive ketones (excluding diaryl/α,β-unsaturated/α-hetero) is 1. The van der Waals surface area contributed by atoms with Crippen molar-refractivity contribution in [1.82, 2.24) is 0 Å². The predicted molar refractivity (Wildman–Crippen MR) is 187 cm³/mol. The first-order valence-electron chi connectivity index (χ1n) is 15.2. The summed E-state index contributed by atoms with van der Waals surface area (Å²) in [6.07, 6.45) is 2.48. The van der Waals surface area contributed by atoms with E-state index in [0.29, 0.717) is 0 Å². The van der Waals surface area contributed by atoms with Crippen LogP contribution in [0.3, 0.4) is 0 Å². The van der Waals surface area contributed by atoms with E-state index in [0.717, 1.165) is 22.3 Å². The normalized spacial score (nSPS) is 12.8. The van der Waals surface area contributed by atoms with Crippen LogP contribution in [0, 0.1) is 0 Å². The fourth-order valence-electron chi connectivity index (χ4n) is 5.95. The summed E-state index contributed by atoms with van der Waals surface area (Å²) in [7, 11) is -4.40. The second kappa shape index (κ2) is 13.4. The van der Waals surface area contributed by atoms with Crippen molar-refractivity contribution in [1.29, 1.82) is 0 Å². The van der Waals surface area contributed by atoms with E-state index in [2.05, 4.69) is 49.8 Å². The molecule has 0 spiro atoms. The number of nitrogens with zero attached hydrogens (tertiary/aromatic N) is 2. The molecule has 0 unspecified atom stereocenters. The number of aromatic hydroxyl groups is 3. The molecule has 4 N–H and O–H groups in total. The molecule has 0 saturated heterocycles. The van der Waals surface area contributed by atoms with Gasteiger partial charge < -0.3 is 20.9 Å². The topological polar surface area (TPSA) is 169 Å². The smallest absolute Gasteiger partial charge is 0.362 e. The first kappa shape index (κ1) is 34.5. The highest BCUT2D eigenvalue weighted by Crippen LogP contribution is 2.41. The molecule has 0 saturated carbocycles. The van der Waals surface area contributed by atoms with E-state index in [-0.39, 0.29) is 44.4 Å². The van der Waals surface area contributed by atoms with Crippen LogP contribution in [0.2, 0.25) is 0 Å². The Balaban J connectivity index is 0.000000232. The minimum absolute atomic E-state index is 0.0652. The molecule has 0 radical (unpaired) electrons. The molecule has 0 heterocycles. The molecule has 0 amide bonds. The van der Waals surface area contributed by atoms with Gasteiger partial charge >= 0.3 is 5.71 Å². The van der Waals surface area contributed by atoms with Crippen molar-refractivity contribution in [2.75, 3.05) is 0 Å². The van der Waals surface area contributed by atoms with Crippen LogP contribution in [0.5, 0.6) is 17.2 Å². The van der Waals surface area contributed by atoms with Crippen molar-refractivity contribution in [3.63, 3.8) is 0 Å². The molecule has 9 nitrogen and oxygen atoms in total. The number of rotatable bonds is 6. The van der Waals surface area contributed by atoms with Gasteiger partial charge in [0.25, 0.3) is 15.9 Å². The summed E-state index contributed by atoms with van der Waals surface area (Å²) in [4.78, 5) is 14.1. The van der Waals surface area contributed by atoms with Gasteiger partial charge in [-0.25, -0.2) is 0 Å². The Morgan fingerprint density at radius 2 is 0.980 bits per heavy atom. The zero-order chi connectivity index (χ0) is 35.6. The molecular formula is C39H34N2O7S. The Kier molecular flexibility index (Phi) is 9.42. The Labute approximate surface area is 284 Å². The van der Waals surface area contributed by atoms with Gasteiger partial charge in [-0.05, 0) is 83.3 Å². The van der Waals surface area contributed by atoms with E-state index in [1.54, 1.807) is 36.4 Å². The molecule has 0 bridgehead atoms. The average molecular weight is 675 g/mol. The Hall–Kier alpha value is -5.80. The maximum absolute atomic E-state index is 11.7. The summed E-state index contributed by atoms with van der Waals surface area (Å²) < 4.78 is 31.2. The van der Waals surface area contributed by atoms with E-state index >= 15 is 0 Å². The number of fused-ring (bicyclic) bond motifs is 1. The zero-order valence-corrected chi connectivity index (χ0v) is 27.8. The summed E-state index contributed by atoms with van der Waals surface area (Å²) in [5.41, 5.74) is 13.3. The number of benzene rings is 5. The minimum atomic E-state index is -4.40. The lowest BCUT2D eigenvalue weighted by molar-refractivity contribution is -0.00436. The highest BCUT2D eigenvalue weighted by Gasteiger charge is 2.33. The van der Waals surface area contributed by atoms with Crippen LogP contribution in [0.15, 0.2) is 126 Å². The van der Waals surface area contributed by atoms with Crippen LogP contribution in [0.1, 0.15) is 64.5 Å². The van der Waals surface area contributed by atoms with Gasteiger partial charge in [-0.2, -0.15) is 13.2 Å². The molecule has 248 valence electrons. The van der Waals surface area contributed by atoms with Gasteiger partial charge in [0.05, 0.1) is 0 Å². The van der Waals surface area contributed by atoms with Gasteiger partial charge in [0.15, 0.2) is 0 Å². The van der Waals surface area contributed by atoms with Gasteiger partial charge in [0.2, 0.25) is 0 Å². The van der Waals surface area contributed by atoms with Crippen molar-refractivity contribution in [3.8, 4) is 17.2 Å². The number of phenolic OH excluding ortho intramolecular Hbond substituents is 3. The number of hydrogen-bond donors (Lipinski definition) is 4. The summed E-state index contributed by atoms with van der Waals surface area (Å²) in [6.45, 7) is 6.51. The lowest BCUT2D eigenvalue weighted by atomic mass is 9.70. The van der Waals surface area contributed by atoms with Gasteiger partial charge in [0, 0.05) is 28.0 Å². The molecule has 0 atom stereocenters. The largest absolute Gasteiger partial charge is 0.508 e. The van der Waals surface area contributed by atoms with Crippen LogP contribution in [0.25, 0.3) is 11.6 Å². The summed E-state index contributed by atoms with van der Waals surface area (Å²) in [5.74, 6) is 0.120. The Bertz CT molecular complexity index is 2150. The van der Waals surface area contributed by atoms with Crippen LogP contribution in [-0.2, 0) is 20.9 Å². The second-order valence-electron chi connectivity index (χ2n) is 12.3. The molecule has 5 aromatic rings. The van der Waals surface area contributed by atoms with Gasteiger partial charge in [-0.1, -0.05) is 86.6 Å². The van der Waals surface area contributed by atoms with E-state index < -0.39 is 21.3 Å². The van der Waals surface area contributed by atoms with Crippen LogP contribution >= 0.6 is 0 Å². The van der Waals surface area contributed by atoms with Gasteiger partial charge in [-0.3, -0.25) is 9.35 Å². The third-order valence-electron chi connectivity index (χ3n) is 9.00. The highest BCUT2D eigenvalue weighted by molar-refractivity contribution is 7.86. The monoisotopic (exact) mass is 674 g/mol. The predicted octanol–water partition coefficient (Wildman–Crippen LogP) is 7.30. The molecule has 1 aliphatic rings. The number of hydrogen-bond acceptors (Lipinski definition) is 6. The lowest BCUT2D eigenvalue weighted by Gasteiger charge is -2.33. The number of phenols is 3. The zero-order valence-electron chi connectivity index (χ0n) is 26.9. The first-order chi connectivity index (χ1) is 23.2. The standard InChI is InChI=1S/C29H28O3.C10H6N2O4S/c1-28(2,21-8-14-25(30)15-9-21)20-4-6-22(7-5-20)29(3,23-10-16-26(31)17-11-23)24-12-18-27(32)19-13-24;11-12-8-5-4-6-7(10(8)13)2-1-3-9(6)17(14,15)16/h4-19,30-32H,1-3H3;1-5H,(H,14,15,16). The number of carbonyl (C=O) groups excluding carboxylic acids is 1. The third kappa shape index (κ3) is 6.93. The molecule has 6 rings (SSSR count). The number of allylic oxidation sites excluding steroid dienone is 1. The maximum atomic E-state index is 11.7. The Morgan fingerprint density at radius 1 is 0.592 bits per heavy atom. The molecule has 1 aliphatic carbocycles. The second-order valence-corrected chi connectivity index (χ2v) is 13.7. The van der Waals surface area contributed by atoms with E-state index in [1.807, 2.05) is 36.4 Å². The molecule has 5 aromatic carbocycles. The van der Waals surface area contributed by atoms with E-state index in [9.17, 15) is 28.5 Å². The minimum Gasteiger partial charge on any atom is -0.508 e. The van der Waals surface area contributed by atoms with Gasteiger partial charge in [-0.15, -0.1) is 0 Å². The molecular weight excluding hydrogens is 641 g/mol. The quantitative estimate of drug-likeness (QED) is 0.0634. The molecule has 0 fully saturated rings. The molecule has 49 heavy (non-hydrogen) atoms. The average Bonchev–Trinajstić information content (AvgIpc) is 3.09. The fraction of sp³-hybridized carbons (Fsp3) is 0.128. The summed E-state index contributed by atoms with van der Waals surface area (Å²) in [6, 6.07) is 34.5. The van der Waals surface area contributed by atoms with Crippen molar-refractivity contribution in [3.05, 3.63) is 166 Å². The van der Waals surface area contributed by atoms with Crippen molar-refractivity contribution >= 4 is 27.7 Å². The number of ketones is 1. The van der Waals surface area contributed by atoms with Gasteiger partial charge in [0.1, 0.15) is 22.1 Å². The van der Waals surface area contributed by atoms with Crippen LogP contribution < -0.4 is 0 Å². The van der Waals surface area contributed by atoms with Crippen molar-refractivity contribution < 1.29 is 37.9 Å². The fourth-order valence-corrected chi connectivity index (χ4v) is 6.65. The summed E-state index contributed by atoms with van der Waals surface area (Å²) in [5, 5.41) is 29.2. The van der Waals surface area contributed by atoms with E-state index in [4.69, 9.17) is 10.1 Å². The Morgan fingerprint density at radius 3 is 1.39 bits per heavy atom. The molecule has 0 aromatic heterocycles. The number of carbonyl (C=O) groups is 1.